The molecule has 2 N–H and O–H groups in total. The molecule has 3 aromatic rings. The fourth-order valence-corrected chi connectivity index (χ4v) is 3.75. The minimum atomic E-state index is -4.29. The minimum absolute atomic E-state index is 0.139. The molecule has 1 atom stereocenters. The first-order chi connectivity index (χ1) is 11.8. The molecule has 1 unspecified atom stereocenters. The first-order valence-corrected chi connectivity index (χ1v) is 9.27. The second-order valence-corrected chi connectivity index (χ2v) is 7.60. The van der Waals surface area contributed by atoms with Crippen molar-refractivity contribution in [1.29, 1.82) is 0 Å². The SMILES string of the molecule is Cc1cc(S(=O)(=O)O)cc(C2COc3ccc4[nH]ccc4c3O2)c1C. The fourth-order valence-electron chi connectivity index (χ4n) is 3.15. The van der Waals surface area contributed by atoms with Gasteiger partial charge in [0.25, 0.3) is 10.1 Å². The number of hydrogen-bond donors (Lipinski definition) is 2. The van der Waals surface area contributed by atoms with Gasteiger partial charge in [0.2, 0.25) is 0 Å². The second-order valence-electron chi connectivity index (χ2n) is 6.18. The van der Waals surface area contributed by atoms with Gasteiger partial charge in [-0.15, -0.1) is 0 Å². The van der Waals surface area contributed by atoms with Gasteiger partial charge >= 0.3 is 0 Å². The fraction of sp³-hybridized carbons (Fsp3) is 0.222. The molecule has 1 aromatic heterocycles. The first kappa shape index (κ1) is 16.0. The van der Waals surface area contributed by atoms with Crippen LogP contribution in [0.5, 0.6) is 11.5 Å². The standard InChI is InChI=1S/C18H17NO5S/c1-10-7-12(25(20,21)22)8-14(11(10)2)17-9-23-16-4-3-15-13(5-6-19-15)18(16)24-17/h3-8,17,19H,9H2,1-2H3,(H,20,21,22). The van der Waals surface area contributed by atoms with Crippen LogP contribution in [0, 0.1) is 13.8 Å². The van der Waals surface area contributed by atoms with Crippen LogP contribution in [0.4, 0.5) is 0 Å². The summed E-state index contributed by atoms with van der Waals surface area (Å²) in [6.07, 6.45) is 1.36. The topological polar surface area (TPSA) is 88.6 Å². The summed E-state index contributed by atoms with van der Waals surface area (Å²) in [5.41, 5.74) is 3.29. The molecule has 0 saturated heterocycles. The lowest BCUT2D eigenvalue weighted by Gasteiger charge is -2.29. The number of aryl methyl sites for hydroxylation is 1. The van der Waals surface area contributed by atoms with Crippen molar-refractivity contribution >= 4 is 21.0 Å². The van der Waals surface area contributed by atoms with Crippen LogP contribution in [0.2, 0.25) is 0 Å². The van der Waals surface area contributed by atoms with E-state index in [0.29, 0.717) is 17.1 Å². The summed E-state index contributed by atoms with van der Waals surface area (Å²) in [5.74, 6) is 1.29. The average Bonchev–Trinajstić information content (AvgIpc) is 3.05. The van der Waals surface area contributed by atoms with Crippen molar-refractivity contribution < 1.29 is 22.4 Å². The number of rotatable bonds is 2. The number of aromatic nitrogens is 1. The summed E-state index contributed by atoms with van der Waals surface area (Å²) in [7, 11) is -4.29. The summed E-state index contributed by atoms with van der Waals surface area (Å²) >= 11 is 0. The molecule has 0 bridgehead atoms. The third-order valence-corrected chi connectivity index (χ3v) is 5.46. The molecule has 0 radical (unpaired) electrons. The smallest absolute Gasteiger partial charge is 0.294 e. The average molecular weight is 359 g/mol. The van der Waals surface area contributed by atoms with Gasteiger partial charge in [-0.2, -0.15) is 8.42 Å². The Morgan fingerprint density at radius 1 is 1.20 bits per heavy atom. The van der Waals surface area contributed by atoms with Gasteiger partial charge < -0.3 is 14.5 Å². The van der Waals surface area contributed by atoms with Crippen molar-refractivity contribution in [2.75, 3.05) is 6.61 Å². The van der Waals surface area contributed by atoms with Gasteiger partial charge in [0.05, 0.1) is 4.90 Å². The first-order valence-electron chi connectivity index (χ1n) is 7.83. The largest absolute Gasteiger partial charge is 0.485 e. The number of benzene rings is 2. The molecular weight excluding hydrogens is 342 g/mol. The van der Waals surface area contributed by atoms with Gasteiger partial charge in [-0.3, -0.25) is 4.55 Å². The molecule has 0 amide bonds. The van der Waals surface area contributed by atoms with E-state index in [1.165, 1.54) is 12.1 Å². The lowest BCUT2D eigenvalue weighted by Crippen LogP contribution is -2.23. The maximum Gasteiger partial charge on any atom is 0.294 e. The molecule has 4 rings (SSSR count). The Kier molecular flexibility index (Phi) is 3.52. The Morgan fingerprint density at radius 3 is 2.76 bits per heavy atom. The van der Waals surface area contributed by atoms with Gasteiger partial charge in [-0.05, 0) is 55.3 Å². The van der Waals surface area contributed by atoms with Crippen LogP contribution in [-0.2, 0) is 10.1 Å². The second kappa shape index (κ2) is 5.50. The van der Waals surface area contributed by atoms with Crippen LogP contribution in [-0.4, -0.2) is 24.6 Å². The molecular formula is C18H17NO5S. The van der Waals surface area contributed by atoms with Crippen LogP contribution in [0.25, 0.3) is 10.9 Å². The molecule has 0 saturated carbocycles. The normalized spacial score (nSPS) is 17.0. The number of fused-ring (bicyclic) bond motifs is 3. The molecule has 0 fully saturated rings. The Labute approximate surface area is 145 Å². The minimum Gasteiger partial charge on any atom is -0.485 e. The predicted octanol–water partition coefficient (Wildman–Crippen LogP) is 3.54. The van der Waals surface area contributed by atoms with Gasteiger partial charge in [0, 0.05) is 22.7 Å². The van der Waals surface area contributed by atoms with Crippen LogP contribution >= 0.6 is 0 Å². The van der Waals surface area contributed by atoms with Crippen molar-refractivity contribution in [3.05, 3.63) is 53.2 Å². The summed E-state index contributed by atoms with van der Waals surface area (Å²) in [4.78, 5) is 2.99. The highest BCUT2D eigenvalue weighted by Crippen LogP contribution is 2.42. The molecule has 130 valence electrons. The Hall–Kier alpha value is -2.51. The van der Waals surface area contributed by atoms with Gasteiger partial charge in [0.15, 0.2) is 17.6 Å². The molecule has 2 heterocycles. The molecule has 0 aliphatic carbocycles. The number of aromatic amines is 1. The van der Waals surface area contributed by atoms with Crippen LogP contribution in [0.3, 0.4) is 0 Å². The van der Waals surface area contributed by atoms with Crippen LogP contribution in [0.1, 0.15) is 22.8 Å². The molecule has 0 spiro atoms. The molecule has 2 aromatic carbocycles. The lowest BCUT2D eigenvalue weighted by atomic mass is 9.98. The quantitative estimate of drug-likeness (QED) is 0.683. The van der Waals surface area contributed by atoms with E-state index in [1.54, 1.807) is 6.92 Å². The van der Waals surface area contributed by atoms with Crippen molar-refractivity contribution in [2.24, 2.45) is 0 Å². The van der Waals surface area contributed by atoms with Crippen molar-refractivity contribution in [3.63, 3.8) is 0 Å². The van der Waals surface area contributed by atoms with Gasteiger partial charge in [0.1, 0.15) is 6.61 Å². The maximum atomic E-state index is 11.5. The predicted molar refractivity (Wildman–Crippen MR) is 92.9 cm³/mol. The van der Waals surface area contributed by atoms with Crippen molar-refractivity contribution in [2.45, 2.75) is 24.8 Å². The van der Waals surface area contributed by atoms with Crippen molar-refractivity contribution in [3.8, 4) is 11.5 Å². The van der Waals surface area contributed by atoms with Crippen LogP contribution < -0.4 is 9.47 Å². The van der Waals surface area contributed by atoms with E-state index in [4.69, 9.17) is 9.47 Å². The summed E-state index contributed by atoms with van der Waals surface area (Å²) in [5, 5.41) is 0.905. The number of hydrogen-bond acceptors (Lipinski definition) is 4. The molecule has 7 heteroatoms. The van der Waals surface area contributed by atoms with E-state index in [-0.39, 0.29) is 11.5 Å². The number of ether oxygens (including phenoxy) is 2. The summed E-state index contributed by atoms with van der Waals surface area (Å²) in [6.45, 7) is 3.96. The maximum absolute atomic E-state index is 11.5. The highest BCUT2D eigenvalue weighted by molar-refractivity contribution is 7.85. The van der Waals surface area contributed by atoms with Gasteiger partial charge in [-0.1, -0.05) is 0 Å². The summed E-state index contributed by atoms with van der Waals surface area (Å²) in [6, 6.07) is 8.58. The molecule has 1 aliphatic rings. The van der Waals surface area contributed by atoms with E-state index >= 15 is 0 Å². The molecule has 6 nitrogen and oxygen atoms in total. The zero-order valence-corrected chi connectivity index (χ0v) is 14.6. The van der Waals surface area contributed by atoms with E-state index in [9.17, 15) is 13.0 Å². The Morgan fingerprint density at radius 2 is 2.00 bits per heavy atom. The highest BCUT2D eigenvalue weighted by atomic mass is 32.2. The number of H-pyrrole nitrogens is 1. The third kappa shape index (κ3) is 2.65. The highest BCUT2D eigenvalue weighted by Gasteiger charge is 2.27. The third-order valence-electron chi connectivity index (χ3n) is 4.62. The van der Waals surface area contributed by atoms with Crippen molar-refractivity contribution in [1.82, 2.24) is 4.98 Å². The molecule has 1 aliphatic heterocycles. The lowest BCUT2D eigenvalue weighted by molar-refractivity contribution is 0.0928. The zero-order valence-electron chi connectivity index (χ0n) is 13.7. The van der Waals surface area contributed by atoms with Gasteiger partial charge in [-0.25, -0.2) is 0 Å². The zero-order chi connectivity index (χ0) is 17.8. The monoisotopic (exact) mass is 359 g/mol. The number of nitrogens with one attached hydrogen (secondary N) is 1. The van der Waals surface area contributed by atoms with E-state index in [1.807, 2.05) is 31.3 Å². The molecule has 25 heavy (non-hydrogen) atoms. The summed E-state index contributed by atoms with van der Waals surface area (Å²) < 4.78 is 44.5. The van der Waals surface area contributed by atoms with E-state index in [0.717, 1.165) is 22.0 Å². The van der Waals surface area contributed by atoms with E-state index in [2.05, 4.69) is 4.98 Å². The Balaban J connectivity index is 1.82. The van der Waals surface area contributed by atoms with E-state index < -0.39 is 16.2 Å². The Bertz CT molecular complexity index is 1080. The van der Waals surface area contributed by atoms with Crippen LogP contribution in [0.15, 0.2) is 41.4 Å².